The van der Waals surface area contributed by atoms with Gasteiger partial charge in [0.25, 0.3) is 3.90 Å². The molecule has 1 aliphatic heterocycles. The van der Waals surface area contributed by atoms with Crippen LogP contribution in [0.15, 0.2) is 4.42 Å². The second-order valence-corrected chi connectivity index (χ2v) is 3.71. The van der Waals surface area contributed by atoms with Crippen LogP contribution >= 0.6 is 22.6 Å². The smallest absolute Gasteiger partial charge is 0.278 e. The lowest BCUT2D eigenvalue weighted by molar-refractivity contribution is 0.105. The molecule has 0 spiro atoms. The lowest BCUT2D eigenvalue weighted by atomic mass is 10.2. The van der Waals surface area contributed by atoms with Crippen LogP contribution in [0.3, 0.4) is 0 Å². The third-order valence-electron chi connectivity index (χ3n) is 1.87. The highest BCUT2D eigenvalue weighted by molar-refractivity contribution is 14.1. The number of halogens is 1. The van der Waals surface area contributed by atoms with Crippen molar-refractivity contribution >= 4 is 22.6 Å². The van der Waals surface area contributed by atoms with Crippen molar-refractivity contribution in [2.75, 3.05) is 6.61 Å². The van der Waals surface area contributed by atoms with Crippen molar-refractivity contribution in [3.05, 3.63) is 9.79 Å². The van der Waals surface area contributed by atoms with Crippen molar-refractivity contribution in [2.45, 2.75) is 25.4 Å². The molecular formula is C7H9IN2O2. The molecule has 2 rings (SSSR count). The molecule has 1 atom stereocenters. The zero-order chi connectivity index (χ0) is 8.39. The number of rotatable bonds is 2. The minimum Gasteiger partial charge on any atom is -0.416 e. The molecule has 0 saturated carbocycles. The van der Waals surface area contributed by atoms with Gasteiger partial charge in [-0.1, -0.05) is 0 Å². The molecule has 1 unspecified atom stereocenters. The first kappa shape index (κ1) is 8.43. The average molecular weight is 280 g/mol. The van der Waals surface area contributed by atoms with E-state index in [1.165, 1.54) is 0 Å². The molecule has 66 valence electrons. The Morgan fingerprint density at radius 1 is 1.50 bits per heavy atom. The first-order valence-electron chi connectivity index (χ1n) is 3.94. The van der Waals surface area contributed by atoms with Crippen molar-refractivity contribution in [2.24, 2.45) is 0 Å². The highest BCUT2D eigenvalue weighted by Crippen LogP contribution is 2.16. The summed E-state index contributed by atoms with van der Waals surface area (Å²) in [5.41, 5.74) is 0. The maximum Gasteiger partial charge on any atom is 0.278 e. The van der Waals surface area contributed by atoms with Gasteiger partial charge in [-0.05, 0) is 12.8 Å². The van der Waals surface area contributed by atoms with Gasteiger partial charge in [-0.25, -0.2) is 0 Å². The molecule has 1 saturated heterocycles. The lowest BCUT2D eigenvalue weighted by Gasteiger charge is -2.03. The molecular weight excluding hydrogens is 271 g/mol. The van der Waals surface area contributed by atoms with Gasteiger partial charge in [0.15, 0.2) is 0 Å². The SMILES string of the molecule is Ic1nnc(CC2CCCO2)o1. The monoisotopic (exact) mass is 280 g/mol. The molecule has 0 bridgehead atoms. The number of aromatic nitrogens is 2. The van der Waals surface area contributed by atoms with E-state index in [4.69, 9.17) is 9.15 Å². The number of ether oxygens (including phenoxy) is 1. The van der Waals surface area contributed by atoms with Gasteiger partial charge in [0, 0.05) is 29.2 Å². The van der Waals surface area contributed by atoms with Crippen LogP contribution in [0.2, 0.25) is 0 Å². The number of hydrogen-bond acceptors (Lipinski definition) is 4. The minimum absolute atomic E-state index is 0.293. The topological polar surface area (TPSA) is 48.2 Å². The summed E-state index contributed by atoms with van der Waals surface area (Å²) in [5, 5.41) is 7.65. The maximum absolute atomic E-state index is 5.44. The number of nitrogens with zero attached hydrogens (tertiary/aromatic N) is 2. The summed E-state index contributed by atoms with van der Waals surface area (Å²) in [6, 6.07) is 0. The molecule has 0 N–H and O–H groups in total. The van der Waals surface area contributed by atoms with E-state index in [9.17, 15) is 0 Å². The van der Waals surface area contributed by atoms with Crippen molar-refractivity contribution in [3.8, 4) is 0 Å². The van der Waals surface area contributed by atoms with Gasteiger partial charge in [-0.3, -0.25) is 0 Å². The molecule has 0 amide bonds. The number of hydrogen-bond donors (Lipinski definition) is 0. The van der Waals surface area contributed by atoms with Crippen molar-refractivity contribution in [1.82, 2.24) is 10.2 Å². The van der Waals surface area contributed by atoms with E-state index < -0.39 is 0 Å². The fraction of sp³-hybridized carbons (Fsp3) is 0.714. The molecule has 12 heavy (non-hydrogen) atoms. The Labute approximate surface area is 83.8 Å². The van der Waals surface area contributed by atoms with Crippen molar-refractivity contribution in [3.63, 3.8) is 0 Å². The zero-order valence-corrected chi connectivity index (χ0v) is 8.65. The summed E-state index contributed by atoms with van der Waals surface area (Å²) in [6.07, 6.45) is 3.31. The Kier molecular flexibility index (Phi) is 2.60. The van der Waals surface area contributed by atoms with Gasteiger partial charge in [0.2, 0.25) is 5.89 Å². The minimum atomic E-state index is 0.293. The summed E-state index contributed by atoms with van der Waals surface area (Å²) in [7, 11) is 0. The highest BCUT2D eigenvalue weighted by atomic mass is 127. The van der Waals surface area contributed by atoms with Crippen LogP contribution in [0.25, 0.3) is 0 Å². The molecule has 0 aromatic carbocycles. The predicted octanol–water partition coefficient (Wildman–Crippen LogP) is 1.40. The first-order chi connectivity index (χ1) is 5.84. The molecule has 0 radical (unpaired) electrons. The highest BCUT2D eigenvalue weighted by Gasteiger charge is 2.18. The molecule has 1 aromatic rings. The van der Waals surface area contributed by atoms with Crippen molar-refractivity contribution < 1.29 is 9.15 Å². The van der Waals surface area contributed by atoms with Gasteiger partial charge in [0.1, 0.15) is 0 Å². The molecule has 0 aliphatic carbocycles. The van der Waals surface area contributed by atoms with Crippen LogP contribution in [0.4, 0.5) is 0 Å². The summed E-state index contributed by atoms with van der Waals surface area (Å²) < 4.78 is 11.3. The molecule has 1 aliphatic rings. The van der Waals surface area contributed by atoms with E-state index in [1.807, 2.05) is 22.6 Å². The Bertz CT molecular complexity index is 258. The Morgan fingerprint density at radius 3 is 3.00 bits per heavy atom. The molecule has 2 heterocycles. The van der Waals surface area contributed by atoms with Gasteiger partial charge in [0.05, 0.1) is 12.5 Å². The fourth-order valence-corrected chi connectivity index (χ4v) is 1.68. The average Bonchev–Trinajstić information content (AvgIpc) is 2.63. The largest absolute Gasteiger partial charge is 0.416 e. The third kappa shape index (κ3) is 1.95. The summed E-state index contributed by atoms with van der Waals surface area (Å²) in [5.74, 6) is 0.686. The normalized spacial score (nSPS) is 23.2. The molecule has 1 aromatic heterocycles. The van der Waals surface area contributed by atoms with E-state index in [0.717, 1.165) is 25.9 Å². The second kappa shape index (κ2) is 3.69. The summed E-state index contributed by atoms with van der Waals surface area (Å²) in [6.45, 7) is 0.871. The van der Waals surface area contributed by atoms with Crippen LogP contribution in [0, 0.1) is 3.90 Å². The fourth-order valence-electron chi connectivity index (χ4n) is 1.32. The maximum atomic E-state index is 5.44. The van der Waals surface area contributed by atoms with Crippen LogP contribution in [0.1, 0.15) is 18.7 Å². The van der Waals surface area contributed by atoms with Crippen molar-refractivity contribution in [1.29, 1.82) is 0 Å². The quantitative estimate of drug-likeness (QED) is 0.768. The van der Waals surface area contributed by atoms with Gasteiger partial charge >= 0.3 is 0 Å². The molecule has 1 fully saturated rings. The first-order valence-corrected chi connectivity index (χ1v) is 5.02. The molecule has 5 heteroatoms. The van der Waals surface area contributed by atoms with Crippen LogP contribution in [0.5, 0.6) is 0 Å². The van der Waals surface area contributed by atoms with E-state index in [-0.39, 0.29) is 0 Å². The van der Waals surface area contributed by atoms with Gasteiger partial charge in [-0.15, -0.1) is 10.2 Å². The zero-order valence-electron chi connectivity index (χ0n) is 6.49. The predicted molar refractivity (Wildman–Crippen MR) is 49.7 cm³/mol. The Morgan fingerprint density at radius 2 is 2.42 bits per heavy atom. The van der Waals surface area contributed by atoms with E-state index in [0.29, 0.717) is 15.9 Å². The van der Waals surface area contributed by atoms with Crippen LogP contribution < -0.4 is 0 Å². The van der Waals surface area contributed by atoms with E-state index in [1.54, 1.807) is 0 Å². The van der Waals surface area contributed by atoms with E-state index in [2.05, 4.69) is 10.2 Å². The Balaban J connectivity index is 1.94. The summed E-state index contributed by atoms with van der Waals surface area (Å²) >= 11 is 2.01. The van der Waals surface area contributed by atoms with Gasteiger partial charge < -0.3 is 9.15 Å². The van der Waals surface area contributed by atoms with Gasteiger partial charge in [-0.2, -0.15) is 0 Å². The third-order valence-corrected chi connectivity index (χ3v) is 2.30. The standard InChI is InChI=1S/C7H9IN2O2/c8-7-10-9-6(12-7)4-5-2-1-3-11-5/h5H,1-4H2. The van der Waals surface area contributed by atoms with Crippen LogP contribution in [-0.2, 0) is 11.2 Å². The molecule has 4 nitrogen and oxygen atoms in total. The van der Waals surface area contributed by atoms with Crippen LogP contribution in [-0.4, -0.2) is 22.9 Å². The second-order valence-electron chi connectivity index (χ2n) is 2.79. The Hall–Kier alpha value is -0.170. The lowest BCUT2D eigenvalue weighted by Crippen LogP contribution is -2.08. The summed E-state index contributed by atoms with van der Waals surface area (Å²) in [4.78, 5) is 0. The van der Waals surface area contributed by atoms with E-state index >= 15 is 0 Å².